The normalized spacial score (nSPS) is 19.4. The van der Waals surface area contributed by atoms with Crippen LogP contribution in [-0.2, 0) is 4.74 Å². The van der Waals surface area contributed by atoms with E-state index in [9.17, 15) is 4.79 Å². The van der Waals surface area contributed by atoms with Crippen LogP contribution in [-0.4, -0.2) is 39.4 Å². The molecule has 1 fully saturated rings. The van der Waals surface area contributed by atoms with Gasteiger partial charge in [0, 0.05) is 12.2 Å². The fourth-order valence-electron chi connectivity index (χ4n) is 2.49. The van der Waals surface area contributed by atoms with Crippen molar-refractivity contribution in [3.63, 3.8) is 0 Å². The Hall–Kier alpha value is -2.21. The standard InChI is InChI=1S/C15H18N4O2/c1-11(14-3-2-8-21-14)18-15(20)12-4-6-13(7-5-12)19-10-16-9-17-19/h4-7,9-11,14H,2-3,8H2,1H3,(H,18,20)/t11-,14+/m1/s1. The molecule has 1 aromatic heterocycles. The Bertz CT molecular complexity index is 589. The van der Waals surface area contributed by atoms with E-state index in [0.717, 1.165) is 25.1 Å². The average molecular weight is 286 g/mol. The number of hydrogen-bond acceptors (Lipinski definition) is 4. The largest absolute Gasteiger partial charge is 0.376 e. The summed E-state index contributed by atoms with van der Waals surface area (Å²) < 4.78 is 7.24. The zero-order valence-corrected chi connectivity index (χ0v) is 11.9. The molecule has 0 unspecified atom stereocenters. The molecule has 6 heteroatoms. The van der Waals surface area contributed by atoms with Gasteiger partial charge in [-0.1, -0.05) is 0 Å². The molecule has 1 N–H and O–H groups in total. The van der Waals surface area contributed by atoms with Gasteiger partial charge in [-0.05, 0) is 44.0 Å². The van der Waals surface area contributed by atoms with Crippen molar-refractivity contribution < 1.29 is 9.53 Å². The predicted octanol–water partition coefficient (Wildman–Crippen LogP) is 1.56. The van der Waals surface area contributed by atoms with Crippen molar-refractivity contribution in [3.8, 4) is 5.69 Å². The molecule has 3 rings (SSSR count). The van der Waals surface area contributed by atoms with Crippen LogP contribution in [0.2, 0.25) is 0 Å². The monoisotopic (exact) mass is 286 g/mol. The van der Waals surface area contributed by atoms with Gasteiger partial charge < -0.3 is 10.1 Å². The van der Waals surface area contributed by atoms with E-state index in [1.165, 1.54) is 6.33 Å². The third-order valence-electron chi connectivity index (χ3n) is 3.69. The quantitative estimate of drug-likeness (QED) is 0.926. The van der Waals surface area contributed by atoms with Gasteiger partial charge in [-0.2, -0.15) is 5.10 Å². The van der Waals surface area contributed by atoms with Crippen LogP contribution in [0.5, 0.6) is 0 Å². The second-order valence-electron chi connectivity index (χ2n) is 5.20. The molecule has 1 aliphatic heterocycles. The lowest BCUT2D eigenvalue weighted by atomic mass is 10.1. The Kier molecular flexibility index (Phi) is 3.96. The van der Waals surface area contributed by atoms with Crippen molar-refractivity contribution in [1.29, 1.82) is 0 Å². The molecule has 2 aromatic rings. The molecule has 0 saturated carbocycles. The number of amides is 1. The lowest BCUT2D eigenvalue weighted by Crippen LogP contribution is -2.40. The van der Waals surface area contributed by atoms with Crippen LogP contribution < -0.4 is 5.32 Å². The summed E-state index contributed by atoms with van der Waals surface area (Å²) in [6.07, 6.45) is 5.30. The van der Waals surface area contributed by atoms with Crippen LogP contribution >= 0.6 is 0 Å². The summed E-state index contributed by atoms with van der Waals surface area (Å²) in [5.41, 5.74) is 1.50. The van der Waals surface area contributed by atoms with Crippen LogP contribution in [0.25, 0.3) is 5.69 Å². The predicted molar refractivity (Wildman–Crippen MR) is 77.3 cm³/mol. The molecule has 110 valence electrons. The number of aromatic nitrogens is 3. The van der Waals surface area contributed by atoms with Crippen molar-refractivity contribution in [2.75, 3.05) is 6.61 Å². The zero-order chi connectivity index (χ0) is 14.7. The Balaban J connectivity index is 1.64. The molecule has 1 saturated heterocycles. The summed E-state index contributed by atoms with van der Waals surface area (Å²) >= 11 is 0. The Morgan fingerprint density at radius 1 is 1.43 bits per heavy atom. The summed E-state index contributed by atoms with van der Waals surface area (Å²) in [7, 11) is 0. The van der Waals surface area contributed by atoms with E-state index in [1.54, 1.807) is 23.1 Å². The highest BCUT2D eigenvalue weighted by Gasteiger charge is 2.23. The second kappa shape index (κ2) is 6.05. The summed E-state index contributed by atoms with van der Waals surface area (Å²) in [4.78, 5) is 16.1. The first kappa shape index (κ1) is 13.8. The Morgan fingerprint density at radius 2 is 2.24 bits per heavy atom. The molecule has 0 radical (unpaired) electrons. The van der Waals surface area contributed by atoms with Crippen LogP contribution in [0.15, 0.2) is 36.9 Å². The lowest BCUT2D eigenvalue weighted by Gasteiger charge is -2.20. The number of nitrogens with one attached hydrogen (secondary N) is 1. The van der Waals surface area contributed by atoms with Gasteiger partial charge in [0.2, 0.25) is 0 Å². The molecule has 6 nitrogen and oxygen atoms in total. The van der Waals surface area contributed by atoms with E-state index < -0.39 is 0 Å². The van der Waals surface area contributed by atoms with Crippen molar-refractivity contribution >= 4 is 5.91 Å². The van der Waals surface area contributed by atoms with Gasteiger partial charge in [0.1, 0.15) is 12.7 Å². The van der Waals surface area contributed by atoms with E-state index in [1.807, 2.05) is 19.1 Å². The number of benzene rings is 1. The third-order valence-corrected chi connectivity index (χ3v) is 3.69. The number of ether oxygens (including phenoxy) is 1. The van der Waals surface area contributed by atoms with Gasteiger partial charge in [0.15, 0.2) is 0 Å². The summed E-state index contributed by atoms with van der Waals surface area (Å²) in [5, 5.41) is 7.04. The highest BCUT2D eigenvalue weighted by atomic mass is 16.5. The highest BCUT2D eigenvalue weighted by molar-refractivity contribution is 5.94. The first-order valence-electron chi connectivity index (χ1n) is 7.11. The van der Waals surface area contributed by atoms with Crippen molar-refractivity contribution in [1.82, 2.24) is 20.1 Å². The SMILES string of the molecule is C[C@@H](NC(=O)c1ccc(-n2cncn2)cc1)[C@@H]1CCCO1. The maximum Gasteiger partial charge on any atom is 0.251 e. The summed E-state index contributed by atoms with van der Waals surface area (Å²) in [6, 6.07) is 7.29. The van der Waals surface area contributed by atoms with Crippen molar-refractivity contribution in [2.45, 2.75) is 31.9 Å². The minimum Gasteiger partial charge on any atom is -0.376 e. The van der Waals surface area contributed by atoms with Gasteiger partial charge >= 0.3 is 0 Å². The molecule has 2 atom stereocenters. The maximum atomic E-state index is 12.2. The number of carbonyl (C=O) groups is 1. The van der Waals surface area contributed by atoms with Gasteiger partial charge in [-0.3, -0.25) is 4.79 Å². The molecular weight excluding hydrogens is 268 g/mol. The van der Waals surface area contributed by atoms with E-state index in [4.69, 9.17) is 4.74 Å². The van der Waals surface area contributed by atoms with E-state index in [0.29, 0.717) is 5.56 Å². The fraction of sp³-hybridized carbons (Fsp3) is 0.400. The topological polar surface area (TPSA) is 69.0 Å². The highest BCUT2D eigenvalue weighted by Crippen LogP contribution is 2.16. The fourth-order valence-corrected chi connectivity index (χ4v) is 2.49. The third kappa shape index (κ3) is 3.11. The number of nitrogens with zero attached hydrogens (tertiary/aromatic N) is 3. The number of carbonyl (C=O) groups excluding carboxylic acids is 1. The smallest absolute Gasteiger partial charge is 0.251 e. The molecule has 1 aromatic carbocycles. The van der Waals surface area contributed by atoms with Crippen LogP contribution in [0.1, 0.15) is 30.1 Å². The van der Waals surface area contributed by atoms with Gasteiger partial charge in [0.25, 0.3) is 5.91 Å². The first-order valence-corrected chi connectivity index (χ1v) is 7.11. The second-order valence-corrected chi connectivity index (χ2v) is 5.20. The Morgan fingerprint density at radius 3 is 2.86 bits per heavy atom. The minimum absolute atomic E-state index is 0.0231. The van der Waals surface area contributed by atoms with Crippen molar-refractivity contribution in [3.05, 3.63) is 42.5 Å². The molecule has 21 heavy (non-hydrogen) atoms. The summed E-state index contributed by atoms with van der Waals surface area (Å²) in [5.74, 6) is -0.0804. The van der Waals surface area contributed by atoms with E-state index >= 15 is 0 Å². The van der Waals surface area contributed by atoms with Crippen LogP contribution in [0.4, 0.5) is 0 Å². The number of rotatable bonds is 4. The molecule has 1 aliphatic rings. The van der Waals surface area contributed by atoms with E-state index in [-0.39, 0.29) is 18.1 Å². The zero-order valence-electron chi connectivity index (χ0n) is 11.9. The van der Waals surface area contributed by atoms with Crippen LogP contribution in [0, 0.1) is 0 Å². The molecule has 2 heterocycles. The van der Waals surface area contributed by atoms with Crippen molar-refractivity contribution in [2.24, 2.45) is 0 Å². The van der Waals surface area contributed by atoms with Crippen LogP contribution in [0.3, 0.4) is 0 Å². The van der Waals surface area contributed by atoms with Gasteiger partial charge in [0.05, 0.1) is 17.8 Å². The number of hydrogen-bond donors (Lipinski definition) is 1. The van der Waals surface area contributed by atoms with Gasteiger partial charge in [-0.25, -0.2) is 9.67 Å². The summed E-state index contributed by atoms with van der Waals surface area (Å²) in [6.45, 7) is 2.77. The maximum absolute atomic E-state index is 12.2. The van der Waals surface area contributed by atoms with E-state index in [2.05, 4.69) is 15.4 Å². The molecular formula is C15H18N4O2. The molecule has 1 amide bonds. The van der Waals surface area contributed by atoms with Gasteiger partial charge in [-0.15, -0.1) is 0 Å². The Labute approximate surface area is 123 Å². The minimum atomic E-state index is -0.0804. The average Bonchev–Trinajstić information content (AvgIpc) is 3.20. The molecule has 0 aliphatic carbocycles. The molecule has 0 bridgehead atoms. The first-order chi connectivity index (χ1) is 10.2. The molecule has 0 spiro atoms. The lowest BCUT2D eigenvalue weighted by molar-refractivity contribution is 0.0712.